The van der Waals surface area contributed by atoms with E-state index < -0.39 is 18.9 Å². The number of halogens is 4. The van der Waals surface area contributed by atoms with Gasteiger partial charge in [-0.15, -0.1) is 0 Å². The lowest BCUT2D eigenvalue weighted by Gasteiger charge is -2.21. The fourth-order valence-electron chi connectivity index (χ4n) is 1.84. The first-order valence-corrected chi connectivity index (χ1v) is 5.43. The Balaban J connectivity index is 2.20. The Bertz CT molecular complexity index is 408. The maximum Gasteiger partial charge on any atom is 0.401 e. The SMILES string of the molecule is OC1c2ccc(Br)cc2CN1CC(F)(F)F. The van der Waals surface area contributed by atoms with Crippen molar-refractivity contribution in [2.24, 2.45) is 0 Å². The first-order chi connectivity index (χ1) is 7.37. The molecule has 0 bridgehead atoms. The van der Waals surface area contributed by atoms with Gasteiger partial charge in [0.25, 0.3) is 0 Å². The van der Waals surface area contributed by atoms with E-state index in [-0.39, 0.29) is 6.54 Å². The molecule has 1 aliphatic heterocycles. The van der Waals surface area contributed by atoms with Crippen LogP contribution in [0.25, 0.3) is 0 Å². The Morgan fingerprint density at radius 3 is 2.75 bits per heavy atom. The zero-order valence-corrected chi connectivity index (χ0v) is 9.72. The number of aliphatic hydroxyl groups is 1. The van der Waals surface area contributed by atoms with Gasteiger partial charge >= 0.3 is 6.18 Å². The fraction of sp³-hybridized carbons (Fsp3) is 0.400. The second-order valence-corrected chi connectivity index (χ2v) is 4.65. The zero-order chi connectivity index (χ0) is 11.9. The van der Waals surface area contributed by atoms with Gasteiger partial charge in [-0.1, -0.05) is 22.0 Å². The molecule has 2 nitrogen and oxygen atoms in total. The number of benzene rings is 1. The second-order valence-electron chi connectivity index (χ2n) is 3.74. The van der Waals surface area contributed by atoms with Crippen LogP contribution >= 0.6 is 15.9 Å². The summed E-state index contributed by atoms with van der Waals surface area (Å²) in [6.07, 6.45) is -5.45. The molecule has 0 saturated heterocycles. The van der Waals surface area contributed by atoms with Crippen LogP contribution in [0.15, 0.2) is 22.7 Å². The summed E-state index contributed by atoms with van der Waals surface area (Å²) >= 11 is 3.24. The summed E-state index contributed by atoms with van der Waals surface area (Å²) in [5.41, 5.74) is 1.28. The molecule has 0 spiro atoms. The number of rotatable bonds is 1. The van der Waals surface area contributed by atoms with Crippen LogP contribution in [0.3, 0.4) is 0 Å². The molecule has 0 fully saturated rings. The van der Waals surface area contributed by atoms with Crippen molar-refractivity contribution >= 4 is 15.9 Å². The highest BCUT2D eigenvalue weighted by atomic mass is 79.9. The molecule has 1 aliphatic rings. The number of hydrogen-bond donors (Lipinski definition) is 1. The number of nitrogens with zero attached hydrogens (tertiary/aromatic N) is 1. The molecule has 1 aromatic rings. The first kappa shape index (κ1) is 11.9. The summed E-state index contributed by atoms with van der Waals surface area (Å²) in [6.45, 7) is -0.976. The Labute approximate surface area is 98.8 Å². The summed E-state index contributed by atoms with van der Waals surface area (Å²) in [5.74, 6) is 0. The average molecular weight is 296 g/mol. The molecule has 1 N–H and O–H groups in total. The number of aliphatic hydroxyl groups excluding tert-OH is 1. The van der Waals surface area contributed by atoms with Crippen molar-refractivity contribution in [2.75, 3.05) is 6.54 Å². The number of fused-ring (bicyclic) bond motifs is 1. The van der Waals surface area contributed by atoms with Crippen molar-refractivity contribution < 1.29 is 18.3 Å². The van der Waals surface area contributed by atoms with Gasteiger partial charge in [0.05, 0.1) is 6.54 Å². The Morgan fingerprint density at radius 2 is 2.12 bits per heavy atom. The Kier molecular flexibility index (Phi) is 2.98. The summed E-state index contributed by atoms with van der Waals surface area (Å²) < 4.78 is 37.5. The van der Waals surface area contributed by atoms with Crippen LogP contribution in [0.2, 0.25) is 0 Å². The minimum atomic E-state index is -4.29. The molecule has 1 heterocycles. The van der Waals surface area contributed by atoms with Crippen LogP contribution in [0.4, 0.5) is 13.2 Å². The van der Waals surface area contributed by atoms with Crippen LogP contribution in [0.1, 0.15) is 17.4 Å². The summed E-state index contributed by atoms with van der Waals surface area (Å²) in [6, 6.07) is 5.08. The van der Waals surface area contributed by atoms with E-state index in [2.05, 4.69) is 15.9 Å². The molecule has 1 atom stereocenters. The van der Waals surface area contributed by atoms with E-state index in [1.807, 2.05) is 0 Å². The topological polar surface area (TPSA) is 23.5 Å². The first-order valence-electron chi connectivity index (χ1n) is 4.64. The highest BCUT2D eigenvalue weighted by Crippen LogP contribution is 2.35. The van der Waals surface area contributed by atoms with Crippen molar-refractivity contribution in [1.82, 2.24) is 4.90 Å². The van der Waals surface area contributed by atoms with Gasteiger partial charge in [0.1, 0.15) is 6.23 Å². The number of alkyl halides is 3. The lowest BCUT2D eigenvalue weighted by molar-refractivity contribution is -0.165. The molecular weight excluding hydrogens is 287 g/mol. The monoisotopic (exact) mass is 295 g/mol. The van der Waals surface area contributed by atoms with Gasteiger partial charge < -0.3 is 5.11 Å². The van der Waals surface area contributed by atoms with E-state index >= 15 is 0 Å². The number of hydrogen-bond acceptors (Lipinski definition) is 2. The van der Waals surface area contributed by atoms with Crippen molar-refractivity contribution in [2.45, 2.75) is 18.9 Å². The van der Waals surface area contributed by atoms with Gasteiger partial charge in [-0.25, -0.2) is 0 Å². The molecule has 2 rings (SSSR count). The highest BCUT2D eigenvalue weighted by molar-refractivity contribution is 9.10. The second kappa shape index (κ2) is 4.01. The minimum absolute atomic E-state index is 0.120. The van der Waals surface area contributed by atoms with Gasteiger partial charge in [0, 0.05) is 11.0 Å². The van der Waals surface area contributed by atoms with Crippen molar-refractivity contribution in [1.29, 1.82) is 0 Å². The van der Waals surface area contributed by atoms with Gasteiger partial charge in [0.2, 0.25) is 0 Å². The van der Waals surface area contributed by atoms with E-state index in [4.69, 9.17) is 0 Å². The molecule has 1 aromatic carbocycles. The van der Waals surface area contributed by atoms with Gasteiger partial charge in [-0.05, 0) is 23.3 Å². The maximum absolute atomic E-state index is 12.2. The summed E-state index contributed by atoms with van der Waals surface area (Å²) in [4.78, 5) is 0.997. The van der Waals surface area contributed by atoms with Gasteiger partial charge in [-0.2, -0.15) is 13.2 Å². The van der Waals surface area contributed by atoms with Gasteiger partial charge in [0.15, 0.2) is 0 Å². The maximum atomic E-state index is 12.2. The van der Waals surface area contributed by atoms with E-state index in [0.29, 0.717) is 5.56 Å². The van der Waals surface area contributed by atoms with E-state index in [1.165, 1.54) is 0 Å². The smallest absolute Gasteiger partial charge is 0.374 e. The van der Waals surface area contributed by atoms with Crippen LogP contribution in [-0.2, 0) is 6.54 Å². The quantitative estimate of drug-likeness (QED) is 0.861. The summed E-state index contributed by atoms with van der Waals surface area (Å²) in [5, 5.41) is 9.71. The molecule has 16 heavy (non-hydrogen) atoms. The molecule has 0 aliphatic carbocycles. The van der Waals surface area contributed by atoms with Crippen molar-refractivity contribution in [3.63, 3.8) is 0 Å². The molecule has 88 valence electrons. The lowest BCUT2D eigenvalue weighted by Crippen LogP contribution is -2.32. The van der Waals surface area contributed by atoms with Crippen LogP contribution < -0.4 is 0 Å². The zero-order valence-electron chi connectivity index (χ0n) is 8.13. The van der Waals surface area contributed by atoms with E-state index in [9.17, 15) is 18.3 Å². The predicted octanol–water partition coefficient (Wildman–Crippen LogP) is 2.82. The molecule has 0 saturated carbocycles. The van der Waals surface area contributed by atoms with Gasteiger partial charge in [-0.3, -0.25) is 4.90 Å². The fourth-order valence-corrected chi connectivity index (χ4v) is 2.25. The minimum Gasteiger partial charge on any atom is -0.374 e. The predicted molar refractivity (Wildman–Crippen MR) is 55.6 cm³/mol. The molecule has 0 radical (unpaired) electrons. The summed E-state index contributed by atoms with van der Waals surface area (Å²) in [7, 11) is 0. The third-order valence-electron chi connectivity index (χ3n) is 2.48. The molecule has 0 aromatic heterocycles. The molecule has 0 amide bonds. The average Bonchev–Trinajstić information content (AvgIpc) is 2.40. The third-order valence-corrected chi connectivity index (χ3v) is 2.98. The Morgan fingerprint density at radius 1 is 1.44 bits per heavy atom. The molecule has 6 heteroatoms. The van der Waals surface area contributed by atoms with Crippen molar-refractivity contribution in [3.05, 3.63) is 33.8 Å². The standard InChI is InChI=1S/C10H9BrF3NO/c11-7-1-2-8-6(3-7)4-15(9(8)16)5-10(12,13)14/h1-3,9,16H,4-5H2. The Hall–Kier alpha value is -0.590. The largest absolute Gasteiger partial charge is 0.401 e. The van der Waals surface area contributed by atoms with Crippen LogP contribution in [0.5, 0.6) is 0 Å². The van der Waals surface area contributed by atoms with E-state index in [1.54, 1.807) is 18.2 Å². The molecule has 1 unspecified atom stereocenters. The molecular formula is C10H9BrF3NO. The van der Waals surface area contributed by atoms with E-state index in [0.717, 1.165) is 14.9 Å². The van der Waals surface area contributed by atoms with Crippen LogP contribution in [0, 0.1) is 0 Å². The van der Waals surface area contributed by atoms with Crippen molar-refractivity contribution in [3.8, 4) is 0 Å². The highest BCUT2D eigenvalue weighted by Gasteiger charge is 2.37. The lowest BCUT2D eigenvalue weighted by atomic mass is 10.1. The third kappa shape index (κ3) is 2.39. The normalized spacial score (nSPS) is 21.2. The van der Waals surface area contributed by atoms with Crippen LogP contribution in [-0.4, -0.2) is 22.7 Å².